The molecule has 0 aliphatic carbocycles. The van der Waals surface area contributed by atoms with Gasteiger partial charge in [-0.3, -0.25) is 4.79 Å². The molecule has 0 spiro atoms. The fraction of sp³-hybridized carbons (Fsp3) is 0.188. The Bertz CT molecular complexity index is 678. The predicted octanol–water partition coefficient (Wildman–Crippen LogP) is 3.15. The molecule has 0 unspecified atom stereocenters. The average Bonchev–Trinajstić information content (AvgIpc) is 2.39. The minimum atomic E-state index is -0.374. The summed E-state index contributed by atoms with van der Waals surface area (Å²) in [5.41, 5.74) is 9.98. The van der Waals surface area contributed by atoms with Crippen molar-refractivity contribution in [3.63, 3.8) is 0 Å². The fourth-order valence-electron chi connectivity index (χ4n) is 1.98. The van der Waals surface area contributed by atoms with Gasteiger partial charge >= 0.3 is 0 Å². The van der Waals surface area contributed by atoms with Gasteiger partial charge in [0.05, 0.1) is 16.9 Å². The van der Waals surface area contributed by atoms with Crippen LogP contribution in [0.2, 0.25) is 0 Å². The zero-order valence-corrected chi connectivity index (χ0v) is 11.8. The zero-order chi connectivity index (χ0) is 14.9. The highest BCUT2D eigenvalue weighted by atomic mass is 16.3. The third kappa shape index (κ3) is 2.59. The molecule has 0 radical (unpaired) electrons. The number of aryl methyl sites for hydroxylation is 3. The molecule has 2 rings (SSSR count). The van der Waals surface area contributed by atoms with Crippen molar-refractivity contribution >= 4 is 17.3 Å². The number of phenols is 1. The summed E-state index contributed by atoms with van der Waals surface area (Å²) in [7, 11) is 0. The molecule has 0 fully saturated rings. The molecule has 20 heavy (non-hydrogen) atoms. The van der Waals surface area contributed by atoms with Gasteiger partial charge in [0.25, 0.3) is 5.91 Å². The van der Waals surface area contributed by atoms with E-state index >= 15 is 0 Å². The SMILES string of the molecule is Cc1cc(N)c(NC(=O)c2cccc(C)c2O)cc1C. The van der Waals surface area contributed by atoms with Gasteiger partial charge in [0.15, 0.2) is 0 Å². The van der Waals surface area contributed by atoms with Crippen LogP contribution in [-0.4, -0.2) is 11.0 Å². The molecule has 4 heteroatoms. The maximum atomic E-state index is 12.2. The van der Waals surface area contributed by atoms with Crippen LogP contribution in [0.15, 0.2) is 30.3 Å². The summed E-state index contributed by atoms with van der Waals surface area (Å²) < 4.78 is 0. The molecular weight excluding hydrogens is 252 g/mol. The Morgan fingerprint density at radius 2 is 1.75 bits per heavy atom. The van der Waals surface area contributed by atoms with E-state index in [1.807, 2.05) is 26.0 Å². The number of carbonyl (C=O) groups is 1. The molecule has 4 N–H and O–H groups in total. The standard InChI is InChI=1S/C16H18N2O2/c1-9-5-4-6-12(15(9)19)16(20)18-14-8-11(3)10(2)7-13(14)17/h4-8,19H,17H2,1-3H3,(H,18,20). The number of aromatic hydroxyl groups is 1. The van der Waals surface area contributed by atoms with E-state index in [0.29, 0.717) is 16.9 Å². The summed E-state index contributed by atoms with van der Waals surface area (Å²) in [5, 5.41) is 12.7. The Morgan fingerprint density at radius 3 is 2.45 bits per heavy atom. The maximum Gasteiger partial charge on any atom is 0.259 e. The van der Waals surface area contributed by atoms with Crippen LogP contribution in [0.4, 0.5) is 11.4 Å². The first-order valence-corrected chi connectivity index (χ1v) is 6.37. The predicted molar refractivity (Wildman–Crippen MR) is 81.1 cm³/mol. The number of nitrogens with two attached hydrogens (primary N) is 1. The quantitative estimate of drug-likeness (QED) is 0.734. The number of phenolic OH excluding ortho intramolecular Hbond substituents is 1. The Balaban J connectivity index is 2.33. The average molecular weight is 270 g/mol. The molecule has 0 aromatic heterocycles. The van der Waals surface area contributed by atoms with Crippen molar-refractivity contribution in [2.45, 2.75) is 20.8 Å². The number of hydrogen-bond acceptors (Lipinski definition) is 3. The van der Waals surface area contributed by atoms with Gasteiger partial charge in [-0.25, -0.2) is 0 Å². The topological polar surface area (TPSA) is 75.3 Å². The number of nitrogen functional groups attached to an aromatic ring is 1. The van der Waals surface area contributed by atoms with Crippen LogP contribution in [0.1, 0.15) is 27.0 Å². The highest BCUT2D eigenvalue weighted by molar-refractivity contribution is 6.07. The van der Waals surface area contributed by atoms with Gasteiger partial charge in [-0.05, 0) is 55.7 Å². The number of carbonyl (C=O) groups excluding carboxylic acids is 1. The van der Waals surface area contributed by atoms with Gasteiger partial charge in [-0.1, -0.05) is 12.1 Å². The summed E-state index contributed by atoms with van der Waals surface area (Å²) in [5.74, 6) is -0.381. The number of nitrogens with one attached hydrogen (secondary N) is 1. The Kier molecular flexibility index (Phi) is 3.66. The van der Waals surface area contributed by atoms with E-state index < -0.39 is 0 Å². The molecule has 0 saturated heterocycles. The van der Waals surface area contributed by atoms with Crippen LogP contribution in [0.3, 0.4) is 0 Å². The lowest BCUT2D eigenvalue weighted by atomic mass is 10.1. The van der Waals surface area contributed by atoms with Crippen molar-refractivity contribution in [3.8, 4) is 5.75 Å². The third-order valence-electron chi connectivity index (χ3n) is 3.40. The van der Waals surface area contributed by atoms with Crippen molar-refractivity contribution in [2.75, 3.05) is 11.1 Å². The van der Waals surface area contributed by atoms with Gasteiger partial charge in [-0.15, -0.1) is 0 Å². The van der Waals surface area contributed by atoms with Crippen molar-refractivity contribution in [3.05, 3.63) is 52.6 Å². The first-order valence-electron chi connectivity index (χ1n) is 6.37. The summed E-state index contributed by atoms with van der Waals surface area (Å²) in [6.45, 7) is 5.66. The highest BCUT2D eigenvalue weighted by Crippen LogP contribution is 2.26. The summed E-state index contributed by atoms with van der Waals surface area (Å²) >= 11 is 0. The van der Waals surface area contributed by atoms with Crippen molar-refractivity contribution in [2.24, 2.45) is 0 Å². The molecule has 104 valence electrons. The Labute approximate surface area is 118 Å². The first kappa shape index (κ1) is 13.9. The summed E-state index contributed by atoms with van der Waals surface area (Å²) in [6.07, 6.45) is 0. The summed E-state index contributed by atoms with van der Waals surface area (Å²) in [4.78, 5) is 12.2. The van der Waals surface area contributed by atoms with Crippen LogP contribution in [0.25, 0.3) is 0 Å². The molecule has 0 aliphatic rings. The lowest BCUT2D eigenvalue weighted by molar-refractivity contribution is 0.102. The monoisotopic (exact) mass is 270 g/mol. The van der Waals surface area contributed by atoms with E-state index in [1.165, 1.54) is 0 Å². The van der Waals surface area contributed by atoms with Crippen LogP contribution < -0.4 is 11.1 Å². The molecule has 0 atom stereocenters. The van der Waals surface area contributed by atoms with Crippen LogP contribution >= 0.6 is 0 Å². The number of para-hydroxylation sites is 1. The number of rotatable bonds is 2. The van der Waals surface area contributed by atoms with E-state index in [-0.39, 0.29) is 17.2 Å². The van der Waals surface area contributed by atoms with Crippen molar-refractivity contribution in [1.29, 1.82) is 0 Å². The van der Waals surface area contributed by atoms with E-state index in [4.69, 9.17) is 5.73 Å². The molecule has 4 nitrogen and oxygen atoms in total. The number of hydrogen-bond donors (Lipinski definition) is 3. The fourth-order valence-corrected chi connectivity index (χ4v) is 1.98. The maximum absolute atomic E-state index is 12.2. The van der Waals surface area contributed by atoms with Gasteiger partial charge < -0.3 is 16.2 Å². The molecule has 1 amide bonds. The first-order chi connectivity index (χ1) is 9.40. The van der Waals surface area contributed by atoms with E-state index in [2.05, 4.69) is 5.32 Å². The van der Waals surface area contributed by atoms with E-state index in [1.54, 1.807) is 25.1 Å². The second-order valence-corrected chi connectivity index (χ2v) is 4.95. The van der Waals surface area contributed by atoms with E-state index in [9.17, 15) is 9.90 Å². The van der Waals surface area contributed by atoms with Gasteiger partial charge in [0.2, 0.25) is 0 Å². The number of anilines is 2. The minimum absolute atomic E-state index is 0.00703. The third-order valence-corrected chi connectivity index (χ3v) is 3.40. The Hall–Kier alpha value is -2.49. The molecule has 0 saturated carbocycles. The van der Waals surface area contributed by atoms with E-state index in [0.717, 1.165) is 11.1 Å². The lowest BCUT2D eigenvalue weighted by Gasteiger charge is -2.12. The smallest absolute Gasteiger partial charge is 0.259 e. The van der Waals surface area contributed by atoms with Gasteiger partial charge in [0, 0.05) is 0 Å². The molecule has 0 aliphatic heterocycles. The highest BCUT2D eigenvalue weighted by Gasteiger charge is 2.14. The van der Waals surface area contributed by atoms with Crippen LogP contribution in [0, 0.1) is 20.8 Å². The largest absolute Gasteiger partial charge is 0.507 e. The second kappa shape index (κ2) is 5.25. The van der Waals surface area contributed by atoms with Crippen LogP contribution in [0.5, 0.6) is 5.75 Å². The zero-order valence-electron chi connectivity index (χ0n) is 11.8. The minimum Gasteiger partial charge on any atom is -0.507 e. The normalized spacial score (nSPS) is 10.3. The molecule has 2 aromatic rings. The Morgan fingerprint density at radius 1 is 1.10 bits per heavy atom. The number of benzene rings is 2. The van der Waals surface area contributed by atoms with Crippen molar-refractivity contribution < 1.29 is 9.90 Å². The summed E-state index contributed by atoms with van der Waals surface area (Å²) in [6, 6.07) is 8.70. The second-order valence-electron chi connectivity index (χ2n) is 4.95. The number of amides is 1. The molecular formula is C16H18N2O2. The van der Waals surface area contributed by atoms with Crippen molar-refractivity contribution in [1.82, 2.24) is 0 Å². The molecule has 0 bridgehead atoms. The van der Waals surface area contributed by atoms with Gasteiger partial charge in [0.1, 0.15) is 5.75 Å². The van der Waals surface area contributed by atoms with Crippen LogP contribution in [-0.2, 0) is 0 Å². The molecule has 2 aromatic carbocycles. The lowest BCUT2D eigenvalue weighted by Crippen LogP contribution is -2.14. The molecule has 0 heterocycles. The van der Waals surface area contributed by atoms with Gasteiger partial charge in [-0.2, -0.15) is 0 Å².